The second kappa shape index (κ2) is 5.67. The van der Waals surface area contributed by atoms with Crippen molar-refractivity contribution in [2.75, 3.05) is 0 Å². The summed E-state index contributed by atoms with van der Waals surface area (Å²) in [7, 11) is 0. The van der Waals surface area contributed by atoms with Crippen molar-refractivity contribution < 1.29 is 4.74 Å². The van der Waals surface area contributed by atoms with Crippen LogP contribution in [0.1, 0.15) is 58.3 Å². The van der Waals surface area contributed by atoms with E-state index in [0.29, 0.717) is 17.0 Å². The first-order chi connectivity index (χ1) is 7.31. The van der Waals surface area contributed by atoms with Crippen LogP contribution < -0.4 is 0 Å². The third-order valence-electron chi connectivity index (χ3n) is 4.05. The summed E-state index contributed by atoms with van der Waals surface area (Å²) >= 11 is 3.78. The Morgan fingerprint density at radius 1 is 1.13 bits per heavy atom. The van der Waals surface area contributed by atoms with Crippen LogP contribution in [-0.4, -0.2) is 17.0 Å². The van der Waals surface area contributed by atoms with Gasteiger partial charge >= 0.3 is 0 Å². The summed E-state index contributed by atoms with van der Waals surface area (Å²) in [5.41, 5.74) is 0. The summed E-state index contributed by atoms with van der Waals surface area (Å²) < 4.78 is 6.31. The molecule has 0 aromatic rings. The SMILES string of the molecule is CCC(OC1CCCCC1Br)C1CCC1. The Morgan fingerprint density at radius 3 is 2.40 bits per heavy atom. The number of hydrogen-bond acceptors (Lipinski definition) is 1. The third-order valence-corrected chi connectivity index (χ3v) is 5.10. The third kappa shape index (κ3) is 2.97. The van der Waals surface area contributed by atoms with Crippen molar-refractivity contribution in [3.8, 4) is 0 Å². The molecule has 0 aliphatic heterocycles. The van der Waals surface area contributed by atoms with Crippen LogP contribution >= 0.6 is 15.9 Å². The minimum atomic E-state index is 0.490. The van der Waals surface area contributed by atoms with Gasteiger partial charge in [0.05, 0.1) is 12.2 Å². The van der Waals surface area contributed by atoms with Crippen LogP contribution in [0.25, 0.3) is 0 Å². The minimum Gasteiger partial charge on any atom is -0.374 e. The summed E-state index contributed by atoms with van der Waals surface area (Å²) in [6.45, 7) is 2.27. The van der Waals surface area contributed by atoms with Gasteiger partial charge in [0.2, 0.25) is 0 Å². The fourth-order valence-electron chi connectivity index (χ4n) is 2.78. The topological polar surface area (TPSA) is 9.23 Å². The van der Waals surface area contributed by atoms with Gasteiger partial charge in [-0.2, -0.15) is 0 Å². The molecule has 0 heterocycles. The molecule has 2 heteroatoms. The fraction of sp³-hybridized carbons (Fsp3) is 1.00. The first-order valence-corrected chi connectivity index (χ1v) is 7.52. The lowest BCUT2D eigenvalue weighted by Crippen LogP contribution is -2.37. The van der Waals surface area contributed by atoms with Crippen LogP contribution in [0.5, 0.6) is 0 Å². The van der Waals surface area contributed by atoms with E-state index in [2.05, 4.69) is 22.9 Å². The lowest BCUT2D eigenvalue weighted by atomic mass is 9.80. The Balaban J connectivity index is 1.81. The van der Waals surface area contributed by atoms with E-state index in [9.17, 15) is 0 Å². The molecule has 0 saturated heterocycles. The van der Waals surface area contributed by atoms with Crippen molar-refractivity contribution in [2.45, 2.75) is 75.3 Å². The molecule has 1 nitrogen and oxygen atoms in total. The van der Waals surface area contributed by atoms with E-state index in [1.807, 2.05) is 0 Å². The van der Waals surface area contributed by atoms with Crippen molar-refractivity contribution >= 4 is 15.9 Å². The summed E-state index contributed by atoms with van der Waals surface area (Å²) in [5.74, 6) is 0.872. The number of halogens is 1. The first-order valence-electron chi connectivity index (χ1n) is 6.60. The van der Waals surface area contributed by atoms with Gasteiger partial charge in [-0.05, 0) is 38.0 Å². The molecule has 0 amide bonds. The Hall–Kier alpha value is 0.440. The molecule has 2 fully saturated rings. The molecule has 0 radical (unpaired) electrons. The van der Waals surface area contributed by atoms with Crippen molar-refractivity contribution in [3.05, 3.63) is 0 Å². The van der Waals surface area contributed by atoms with Gasteiger partial charge in [-0.1, -0.05) is 42.1 Å². The van der Waals surface area contributed by atoms with Gasteiger partial charge in [0.1, 0.15) is 0 Å². The number of ether oxygens (including phenoxy) is 1. The highest BCUT2D eigenvalue weighted by Gasteiger charge is 2.31. The van der Waals surface area contributed by atoms with Crippen LogP contribution in [0.4, 0.5) is 0 Å². The van der Waals surface area contributed by atoms with E-state index in [0.717, 1.165) is 5.92 Å². The molecule has 0 bridgehead atoms. The molecule has 15 heavy (non-hydrogen) atoms. The highest BCUT2D eigenvalue weighted by Crippen LogP contribution is 2.36. The van der Waals surface area contributed by atoms with Gasteiger partial charge < -0.3 is 4.74 Å². The Morgan fingerprint density at radius 2 is 1.87 bits per heavy atom. The van der Waals surface area contributed by atoms with Crippen LogP contribution in [0, 0.1) is 5.92 Å². The Labute approximate surface area is 102 Å². The molecular weight excluding hydrogens is 252 g/mol. The maximum absolute atomic E-state index is 6.31. The fourth-order valence-corrected chi connectivity index (χ4v) is 3.49. The van der Waals surface area contributed by atoms with Crippen molar-refractivity contribution in [3.63, 3.8) is 0 Å². The standard InChI is InChI=1S/C13H23BrO/c1-2-12(10-6-5-7-10)15-13-9-4-3-8-11(13)14/h10-13H,2-9H2,1H3. The zero-order chi connectivity index (χ0) is 10.7. The molecule has 3 atom stereocenters. The molecule has 2 aliphatic rings. The molecule has 88 valence electrons. The molecule has 2 aliphatic carbocycles. The highest BCUT2D eigenvalue weighted by atomic mass is 79.9. The number of rotatable bonds is 4. The minimum absolute atomic E-state index is 0.490. The van der Waals surface area contributed by atoms with Crippen LogP contribution in [-0.2, 0) is 4.74 Å². The average molecular weight is 275 g/mol. The van der Waals surface area contributed by atoms with E-state index < -0.39 is 0 Å². The smallest absolute Gasteiger partial charge is 0.0703 e. The van der Waals surface area contributed by atoms with Gasteiger partial charge in [-0.3, -0.25) is 0 Å². The van der Waals surface area contributed by atoms with E-state index in [1.165, 1.54) is 51.4 Å². The monoisotopic (exact) mass is 274 g/mol. The number of alkyl halides is 1. The number of hydrogen-bond donors (Lipinski definition) is 0. The summed E-state index contributed by atoms with van der Waals surface area (Å²) in [6, 6.07) is 0. The van der Waals surface area contributed by atoms with Gasteiger partial charge in [0.15, 0.2) is 0 Å². The maximum atomic E-state index is 6.31. The van der Waals surface area contributed by atoms with Gasteiger partial charge in [-0.15, -0.1) is 0 Å². The molecule has 2 saturated carbocycles. The van der Waals surface area contributed by atoms with Crippen LogP contribution in [0.15, 0.2) is 0 Å². The van der Waals surface area contributed by atoms with Crippen molar-refractivity contribution in [1.29, 1.82) is 0 Å². The normalized spacial score (nSPS) is 34.8. The molecule has 3 unspecified atom stereocenters. The average Bonchev–Trinajstić information content (AvgIpc) is 2.17. The maximum Gasteiger partial charge on any atom is 0.0703 e. The lowest BCUT2D eigenvalue weighted by Gasteiger charge is -2.38. The molecule has 0 aromatic heterocycles. The molecule has 0 aromatic carbocycles. The summed E-state index contributed by atoms with van der Waals surface area (Å²) in [5, 5.41) is 0. The zero-order valence-electron chi connectivity index (χ0n) is 9.75. The predicted octanol–water partition coefficient (Wildman–Crippen LogP) is 4.29. The Bertz CT molecular complexity index is 189. The van der Waals surface area contributed by atoms with Gasteiger partial charge in [0, 0.05) is 4.83 Å². The largest absolute Gasteiger partial charge is 0.374 e. The molecule has 2 rings (SSSR count). The first kappa shape index (κ1) is 11.9. The second-order valence-corrected chi connectivity index (χ2v) is 6.29. The van der Waals surface area contributed by atoms with E-state index in [-0.39, 0.29) is 0 Å². The van der Waals surface area contributed by atoms with Gasteiger partial charge in [-0.25, -0.2) is 0 Å². The second-order valence-electron chi connectivity index (χ2n) is 5.11. The summed E-state index contributed by atoms with van der Waals surface area (Å²) in [6.07, 6.45) is 11.7. The molecular formula is C13H23BrO. The quantitative estimate of drug-likeness (QED) is 0.695. The van der Waals surface area contributed by atoms with Gasteiger partial charge in [0.25, 0.3) is 0 Å². The molecule has 0 N–H and O–H groups in total. The lowest BCUT2D eigenvalue weighted by molar-refractivity contribution is -0.0713. The van der Waals surface area contributed by atoms with Crippen LogP contribution in [0.2, 0.25) is 0 Å². The molecule has 0 spiro atoms. The van der Waals surface area contributed by atoms with E-state index in [4.69, 9.17) is 4.74 Å². The van der Waals surface area contributed by atoms with E-state index >= 15 is 0 Å². The van der Waals surface area contributed by atoms with Crippen molar-refractivity contribution in [1.82, 2.24) is 0 Å². The predicted molar refractivity (Wildman–Crippen MR) is 67.5 cm³/mol. The van der Waals surface area contributed by atoms with Crippen LogP contribution in [0.3, 0.4) is 0 Å². The van der Waals surface area contributed by atoms with Crippen molar-refractivity contribution in [2.24, 2.45) is 5.92 Å². The van der Waals surface area contributed by atoms with E-state index in [1.54, 1.807) is 0 Å². The highest BCUT2D eigenvalue weighted by molar-refractivity contribution is 9.09. The zero-order valence-corrected chi connectivity index (χ0v) is 11.3. The summed E-state index contributed by atoms with van der Waals surface area (Å²) in [4.78, 5) is 0.611. The Kier molecular flexibility index (Phi) is 4.51.